The van der Waals surface area contributed by atoms with Gasteiger partial charge in [0.2, 0.25) is 0 Å². The van der Waals surface area contributed by atoms with Gasteiger partial charge in [-0.2, -0.15) is 0 Å². The number of anilines is 1. The quantitative estimate of drug-likeness (QED) is 0.673. The highest BCUT2D eigenvalue weighted by molar-refractivity contribution is 6.31. The van der Waals surface area contributed by atoms with Crippen LogP contribution < -0.4 is 10.2 Å². The topological polar surface area (TPSA) is 75.5 Å². The van der Waals surface area contributed by atoms with Gasteiger partial charge in [-0.15, -0.1) is 0 Å². The van der Waals surface area contributed by atoms with Crippen LogP contribution in [-0.4, -0.2) is 24.9 Å². The van der Waals surface area contributed by atoms with E-state index in [1.54, 1.807) is 0 Å². The van der Waals surface area contributed by atoms with E-state index in [1.807, 2.05) is 43.3 Å². The van der Waals surface area contributed by atoms with Crippen molar-refractivity contribution in [3.63, 3.8) is 0 Å². The van der Waals surface area contributed by atoms with Crippen LogP contribution in [0.1, 0.15) is 15.9 Å². The second-order valence-electron chi connectivity index (χ2n) is 5.16. The number of rotatable bonds is 5. The molecule has 23 heavy (non-hydrogen) atoms. The molecule has 6 nitrogen and oxygen atoms in total. The molecule has 0 saturated carbocycles. The zero-order valence-corrected chi connectivity index (χ0v) is 13.5. The molecular weight excluding hydrogens is 318 g/mol. The van der Waals surface area contributed by atoms with E-state index < -0.39 is 10.8 Å². The maximum atomic E-state index is 12.2. The highest BCUT2D eigenvalue weighted by Gasteiger charge is 2.20. The van der Waals surface area contributed by atoms with Crippen LogP contribution in [0.4, 0.5) is 11.4 Å². The second kappa shape index (κ2) is 7.11. The summed E-state index contributed by atoms with van der Waals surface area (Å²) in [6.07, 6.45) is 0. The third-order valence-electron chi connectivity index (χ3n) is 3.31. The molecule has 120 valence electrons. The third-order valence-corrected chi connectivity index (χ3v) is 3.54. The summed E-state index contributed by atoms with van der Waals surface area (Å²) in [4.78, 5) is 24.5. The predicted octanol–water partition coefficient (Wildman–Crippen LogP) is 3.24. The SMILES string of the molecule is CN(C)c1ccc(CNC(=O)c2cc(Cl)ccc2[N+](=O)[O-])cc1. The lowest BCUT2D eigenvalue weighted by Crippen LogP contribution is -2.23. The molecule has 0 spiro atoms. The Morgan fingerprint density at radius 3 is 2.43 bits per heavy atom. The van der Waals surface area contributed by atoms with Gasteiger partial charge in [-0.25, -0.2) is 0 Å². The van der Waals surface area contributed by atoms with Crippen LogP contribution in [0.15, 0.2) is 42.5 Å². The minimum Gasteiger partial charge on any atom is -0.378 e. The van der Waals surface area contributed by atoms with Crippen LogP contribution in [0.2, 0.25) is 5.02 Å². The summed E-state index contributed by atoms with van der Waals surface area (Å²) in [6, 6.07) is 11.6. The number of nitrogens with one attached hydrogen (secondary N) is 1. The smallest absolute Gasteiger partial charge is 0.282 e. The molecule has 0 unspecified atom stereocenters. The van der Waals surface area contributed by atoms with E-state index in [0.29, 0.717) is 0 Å². The van der Waals surface area contributed by atoms with Crippen LogP contribution >= 0.6 is 11.6 Å². The van der Waals surface area contributed by atoms with Crippen molar-refractivity contribution in [3.05, 3.63) is 68.7 Å². The number of amides is 1. The molecule has 2 rings (SSSR count). The average molecular weight is 334 g/mol. The van der Waals surface area contributed by atoms with Gasteiger partial charge in [0, 0.05) is 37.4 Å². The van der Waals surface area contributed by atoms with E-state index >= 15 is 0 Å². The lowest BCUT2D eigenvalue weighted by atomic mass is 10.1. The van der Waals surface area contributed by atoms with E-state index in [-0.39, 0.29) is 22.8 Å². The first-order valence-corrected chi connectivity index (χ1v) is 7.24. The molecule has 0 fully saturated rings. The van der Waals surface area contributed by atoms with E-state index in [9.17, 15) is 14.9 Å². The molecule has 0 aliphatic carbocycles. The highest BCUT2D eigenvalue weighted by atomic mass is 35.5. The molecule has 0 radical (unpaired) electrons. The van der Waals surface area contributed by atoms with Crippen molar-refractivity contribution in [2.45, 2.75) is 6.54 Å². The van der Waals surface area contributed by atoms with Crippen molar-refractivity contribution < 1.29 is 9.72 Å². The summed E-state index contributed by atoms with van der Waals surface area (Å²) < 4.78 is 0. The zero-order chi connectivity index (χ0) is 17.0. The van der Waals surface area contributed by atoms with Crippen molar-refractivity contribution >= 4 is 28.9 Å². The van der Waals surface area contributed by atoms with E-state index in [2.05, 4.69) is 5.32 Å². The van der Waals surface area contributed by atoms with Crippen molar-refractivity contribution in [2.75, 3.05) is 19.0 Å². The summed E-state index contributed by atoms with van der Waals surface area (Å²) in [6.45, 7) is 0.274. The molecule has 0 heterocycles. The Labute approximate surface area is 138 Å². The monoisotopic (exact) mass is 333 g/mol. The van der Waals surface area contributed by atoms with E-state index in [0.717, 1.165) is 11.3 Å². The summed E-state index contributed by atoms with van der Waals surface area (Å²) in [5.41, 5.74) is 1.63. The maximum Gasteiger partial charge on any atom is 0.282 e. The largest absolute Gasteiger partial charge is 0.378 e. The lowest BCUT2D eigenvalue weighted by molar-refractivity contribution is -0.385. The second-order valence-corrected chi connectivity index (χ2v) is 5.60. The molecule has 2 aromatic carbocycles. The molecule has 0 aliphatic heterocycles. The first-order valence-electron chi connectivity index (χ1n) is 6.87. The fraction of sp³-hybridized carbons (Fsp3) is 0.188. The van der Waals surface area contributed by atoms with Gasteiger partial charge in [-0.05, 0) is 29.8 Å². The molecule has 0 saturated heterocycles. The van der Waals surface area contributed by atoms with Crippen molar-refractivity contribution in [2.24, 2.45) is 0 Å². The fourth-order valence-corrected chi connectivity index (χ4v) is 2.21. The van der Waals surface area contributed by atoms with Crippen LogP contribution in [0.25, 0.3) is 0 Å². The fourth-order valence-electron chi connectivity index (χ4n) is 2.04. The Balaban J connectivity index is 2.10. The molecule has 0 aliphatic rings. The summed E-state index contributed by atoms with van der Waals surface area (Å²) in [5, 5.41) is 13.9. The van der Waals surface area contributed by atoms with Crippen LogP contribution in [0, 0.1) is 10.1 Å². The van der Waals surface area contributed by atoms with Crippen LogP contribution in [0.5, 0.6) is 0 Å². The number of hydrogen-bond donors (Lipinski definition) is 1. The number of nitro groups is 1. The Kier molecular flexibility index (Phi) is 5.18. The molecule has 2 aromatic rings. The Bertz CT molecular complexity index is 730. The molecule has 1 N–H and O–H groups in total. The lowest BCUT2D eigenvalue weighted by Gasteiger charge is -2.13. The number of carbonyl (C=O) groups is 1. The minimum absolute atomic E-state index is 0.0487. The van der Waals surface area contributed by atoms with E-state index in [4.69, 9.17) is 11.6 Å². The Morgan fingerprint density at radius 1 is 1.22 bits per heavy atom. The van der Waals surface area contributed by atoms with E-state index in [1.165, 1.54) is 18.2 Å². The number of nitro benzene ring substituents is 1. The van der Waals surface area contributed by atoms with Gasteiger partial charge in [-0.3, -0.25) is 14.9 Å². The van der Waals surface area contributed by atoms with Crippen LogP contribution in [-0.2, 0) is 6.54 Å². The third kappa shape index (κ3) is 4.20. The summed E-state index contributed by atoms with van der Waals surface area (Å²) >= 11 is 5.82. The van der Waals surface area contributed by atoms with Crippen molar-refractivity contribution in [3.8, 4) is 0 Å². The highest BCUT2D eigenvalue weighted by Crippen LogP contribution is 2.22. The number of benzene rings is 2. The molecule has 7 heteroatoms. The first kappa shape index (κ1) is 16.8. The van der Waals surface area contributed by atoms with Gasteiger partial charge in [0.1, 0.15) is 5.56 Å². The van der Waals surface area contributed by atoms with Gasteiger partial charge >= 0.3 is 0 Å². The summed E-state index contributed by atoms with van der Waals surface area (Å²) in [5.74, 6) is -0.532. The zero-order valence-electron chi connectivity index (χ0n) is 12.7. The van der Waals surface area contributed by atoms with Gasteiger partial charge in [0.25, 0.3) is 11.6 Å². The molecule has 0 aromatic heterocycles. The van der Waals surface area contributed by atoms with Crippen LogP contribution in [0.3, 0.4) is 0 Å². The molecule has 1 amide bonds. The number of carbonyl (C=O) groups excluding carboxylic acids is 1. The number of nitrogens with zero attached hydrogens (tertiary/aromatic N) is 2. The van der Waals surface area contributed by atoms with Gasteiger partial charge < -0.3 is 10.2 Å². The summed E-state index contributed by atoms with van der Waals surface area (Å²) in [7, 11) is 3.88. The van der Waals surface area contributed by atoms with Gasteiger partial charge in [0.05, 0.1) is 4.92 Å². The molecule has 0 atom stereocenters. The van der Waals surface area contributed by atoms with Gasteiger partial charge in [0.15, 0.2) is 0 Å². The van der Waals surface area contributed by atoms with Gasteiger partial charge in [-0.1, -0.05) is 23.7 Å². The maximum absolute atomic E-state index is 12.2. The van der Waals surface area contributed by atoms with Crippen molar-refractivity contribution in [1.82, 2.24) is 5.32 Å². The standard InChI is InChI=1S/C16H16ClN3O3/c1-19(2)13-6-3-11(4-7-13)10-18-16(21)14-9-12(17)5-8-15(14)20(22)23/h3-9H,10H2,1-2H3,(H,18,21). The average Bonchev–Trinajstić information content (AvgIpc) is 2.52. The number of halogens is 1. The number of hydrogen-bond acceptors (Lipinski definition) is 4. The Hall–Kier alpha value is -2.60. The Morgan fingerprint density at radius 2 is 1.87 bits per heavy atom. The van der Waals surface area contributed by atoms with Crippen molar-refractivity contribution in [1.29, 1.82) is 0 Å². The normalized spacial score (nSPS) is 10.2. The predicted molar refractivity (Wildman–Crippen MR) is 90.0 cm³/mol. The molecule has 0 bridgehead atoms. The first-order chi connectivity index (χ1) is 10.9. The molecular formula is C16H16ClN3O3. The minimum atomic E-state index is -0.600.